The fourth-order valence-corrected chi connectivity index (χ4v) is 0.580. The predicted molar refractivity (Wildman–Crippen MR) is 98.4 cm³/mol. The van der Waals surface area contributed by atoms with Gasteiger partial charge in [0.1, 0.15) is 0 Å². The maximum atomic E-state index is 10.5. The Hall–Kier alpha value is 0.109. The zero-order valence-corrected chi connectivity index (χ0v) is 18.4. The van der Waals surface area contributed by atoms with Crippen molar-refractivity contribution in [1.82, 2.24) is 0 Å². The number of unbranched alkanes of at least 4 members (excludes halogenated alkanes) is 3. The molecule has 0 aliphatic rings. The third-order valence-electron chi connectivity index (χ3n) is 2.34. The summed E-state index contributed by atoms with van der Waals surface area (Å²) in [6, 6.07) is 6.39. The van der Waals surface area contributed by atoms with E-state index in [0.717, 1.165) is 0 Å². The fraction of sp³-hybridized carbons (Fsp3) is 0.667. The van der Waals surface area contributed by atoms with Crippen molar-refractivity contribution in [1.29, 1.82) is 0 Å². The Morgan fingerprint density at radius 2 is 1.00 bits per heavy atom. The molecule has 1 aromatic rings. The summed E-state index contributed by atoms with van der Waals surface area (Å²) in [4.78, 5) is 0. The van der Waals surface area contributed by atoms with Crippen molar-refractivity contribution < 1.29 is 5.11 Å². The summed E-state index contributed by atoms with van der Waals surface area (Å²) in [5, 5.41) is 10.8. The third-order valence-corrected chi connectivity index (χ3v) is 2.65. The second kappa shape index (κ2) is 28.3. The molecule has 0 fully saturated rings. The zero-order chi connectivity index (χ0) is 16.2. The van der Waals surface area contributed by atoms with E-state index < -0.39 is 0 Å². The van der Waals surface area contributed by atoms with Gasteiger partial charge in [-0.05, 0) is 6.07 Å². The standard InChI is InChI=1S/C6H5ClO.3C4H10.Sn/c7-5-3-1-2-4-6(5)8;3*1-3-4-2;/h1-4,8H;3*3-4H2,1-2H3;/p-1. The van der Waals surface area contributed by atoms with E-state index >= 15 is 0 Å². The Labute approximate surface area is 155 Å². The molecular formula is C18H34ClOSn-. The van der Waals surface area contributed by atoms with Gasteiger partial charge < -0.3 is 5.11 Å². The van der Waals surface area contributed by atoms with Crippen molar-refractivity contribution in [2.24, 2.45) is 0 Å². The average Bonchev–Trinajstić information content (AvgIpc) is 2.51. The number of hydrogen-bond acceptors (Lipinski definition) is 1. The maximum Gasteiger partial charge on any atom is 0.0327 e. The molecule has 0 spiro atoms. The van der Waals surface area contributed by atoms with Crippen LogP contribution in [0.15, 0.2) is 24.3 Å². The van der Waals surface area contributed by atoms with Crippen LogP contribution in [0.25, 0.3) is 0 Å². The number of hydrogen-bond donors (Lipinski definition) is 0. The Balaban J connectivity index is -0.0000000973. The first-order valence-electron chi connectivity index (χ1n) is 7.96. The van der Waals surface area contributed by atoms with Crippen LogP contribution < -0.4 is 5.11 Å². The van der Waals surface area contributed by atoms with Crippen molar-refractivity contribution >= 4 is 35.5 Å². The Kier molecular flexibility index (Phi) is 39.3. The molecule has 0 aliphatic carbocycles. The van der Waals surface area contributed by atoms with Crippen LogP contribution in [-0.2, 0) is 0 Å². The van der Waals surface area contributed by atoms with Crippen LogP contribution in [0.1, 0.15) is 80.1 Å². The largest absolute Gasteiger partial charge is 0.871 e. The molecular weight excluding hydrogens is 386 g/mol. The molecule has 0 aromatic heterocycles. The van der Waals surface area contributed by atoms with Crippen molar-refractivity contribution in [3.05, 3.63) is 29.3 Å². The number of rotatable bonds is 3. The molecule has 0 heterocycles. The van der Waals surface area contributed by atoms with E-state index in [1.165, 1.54) is 44.6 Å². The van der Waals surface area contributed by atoms with Crippen molar-refractivity contribution in [3.8, 4) is 5.75 Å². The SMILES string of the molecule is CCCC.CCCC.CCCC.[O-]c1ccccc1Cl.[Sn]. The summed E-state index contributed by atoms with van der Waals surface area (Å²) in [5.74, 6) is -0.117. The summed E-state index contributed by atoms with van der Waals surface area (Å²) in [7, 11) is 0. The van der Waals surface area contributed by atoms with Crippen LogP contribution in [0.4, 0.5) is 0 Å². The molecule has 1 aromatic carbocycles. The Morgan fingerprint density at radius 3 is 1.14 bits per heavy atom. The van der Waals surface area contributed by atoms with Crippen molar-refractivity contribution in [2.75, 3.05) is 0 Å². The van der Waals surface area contributed by atoms with Gasteiger partial charge in [-0.15, -0.1) is 0 Å². The molecule has 1 nitrogen and oxygen atoms in total. The van der Waals surface area contributed by atoms with E-state index in [0.29, 0.717) is 0 Å². The van der Waals surface area contributed by atoms with E-state index in [4.69, 9.17) is 11.6 Å². The molecule has 4 radical (unpaired) electrons. The molecule has 0 atom stereocenters. The normalized spacial score (nSPS) is 7.76. The fourth-order valence-electron chi connectivity index (χ4n) is 0.445. The van der Waals surface area contributed by atoms with Crippen LogP contribution in [0.5, 0.6) is 5.75 Å². The Morgan fingerprint density at radius 1 is 0.714 bits per heavy atom. The summed E-state index contributed by atoms with van der Waals surface area (Å²) in [5.41, 5.74) is 0. The first-order valence-corrected chi connectivity index (χ1v) is 8.34. The van der Waals surface area contributed by atoms with E-state index in [-0.39, 0.29) is 34.7 Å². The van der Waals surface area contributed by atoms with Crippen molar-refractivity contribution in [3.63, 3.8) is 0 Å². The monoisotopic (exact) mass is 421 g/mol. The van der Waals surface area contributed by atoms with Gasteiger partial charge in [0.05, 0.1) is 0 Å². The van der Waals surface area contributed by atoms with Crippen LogP contribution in [0, 0.1) is 0 Å². The predicted octanol–water partition coefficient (Wildman–Crippen LogP) is 6.45. The van der Waals surface area contributed by atoms with E-state index in [1.807, 2.05) is 0 Å². The number of benzene rings is 1. The van der Waals surface area contributed by atoms with E-state index in [2.05, 4.69) is 41.5 Å². The second-order valence-electron chi connectivity index (χ2n) is 4.43. The summed E-state index contributed by atoms with van der Waals surface area (Å²) in [6.45, 7) is 13.1. The minimum Gasteiger partial charge on any atom is -0.871 e. The molecule has 0 unspecified atom stereocenters. The minimum absolute atomic E-state index is 0. The topological polar surface area (TPSA) is 23.1 Å². The zero-order valence-electron chi connectivity index (χ0n) is 14.8. The van der Waals surface area contributed by atoms with Crippen LogP contribution in [-0.4, -0.2) is 23.9 Å². The molecule has 0 aliphatic heterocycles. The second-order valence-corrected chi connectivity index (χ2v) is 4.84. The minimum atomic E-state index is -0.117. The van der Waals surface area contributed by atoms with Gasteiger partial charge in [-0.2, -0.15) is 0 Å². The molecule has 0 saturated carbocycles. The molecule has 0 N–H and O–H groups in total. The third kappa shape index (κ3) is 33.1. The van der Waals surface area contributed by atoms with Gasteiger partial charge in [-0.25, -0.2) is 0 Å². The van der Waals surface area contributed by atoms with Crippen LogP contribution in [0.2, 0.25) is 5.02 Å². The van der Waals surface area contributed by atoms with Gasteiger partial charge in [0.2, 0.25) is 0 Å². The van der Waals surface area contributed by atoms with Crippen molar-refractivity contribution in [2.45, 2.75) is 80.1 Å². The number of halogens is 1. The molecule has 3 heteroatoms. The van der Waals surface area contributed by atoms with Gasteiger partial charge in [0, 0.05) is 28.9 Å². The number of para-hydroxylation sites is 1. The maximum absolute atomic E-state index is 10.5. The first-order chi connectivity index (χ1) is 9.55. The van der Waals surface area contributed by atoms with Gasteiger partial charge in [0.15, 0.2) is 0 Å². The molecule has 0 bridgehead atoms. The average molecular weight is 421 g/mol. The van der Waals surface area contributed by atoms with Gasteiger partial charge >= 0.3 is 0 Å². The molecule has 21 heavy (non-hydrogen) atoms. The van der Waals surface area contributed by atoms with Gasteiger partial charge in [0.25, 0.3) is 0 Å². The molecule has 0 saturated heterocycles. The molecule has 124 valence electrons. The van der Waals surface area contributed by atoms with Crippen LogP contribution >= 0.6 is 11.6 Å². The van der Waals surface area contributed by atoms with E-state index in [9.17, 15) is 5.11 Å². The Bertz CT molecular complexity index is 231. The smallest absolute Gasteiger partial charge is 0.0327 e. The summed E-state index contributed by atoms with van der Waals surface area (Å²) >= 11 is 5.40. The summed E-state index contributed by atoms with van der Waals surface area (Å²) < 4.78 is 0. The quantitative estimate of drug-likeness (QED) is 0.515. The molecule has 0 amide bonds. The van der Waals surface area contributed by atoms with Gasteiger partial charge in [-0.1, -0.05) is 116 Å². The molecule has 1 rings (SSSR count). The van der Waals surface area contributed by atoms with Crippen LogP contribution in [0.3, 0.4) is 0 Å². The first kappa shape index (κ1) is 29.2. The summed E-state index contributed by atoms with van der Waals surface area (Å²) in [6.07, 6.45) is 7.92. The van der Waals surface area contributed by atoms with E-state index in [1.54, 1.807) is 18.2 Å². The van der Waals surface area contributed by atoms with Gasteiger partial charge in [-0.3, -0.25) is 0 Å².